The molecule has 4 nitrogen and oxygen atoms in total. The summed E-state index contributed by atoms with van der Waals surface area (Å²) in [5.74, 6) is 1.72. The van der Waals surface area contributed by atoms with Crippen LogP contribution in [-0.4, -0.2) is 35.0 Å². The second-order valence-electron chi connectivity index (χ2n) is 4.32. The van der Waals surface area contributed by atoms with Gasteiger partial charge in [0.05, 0.1) is 4.88 Å². The second-order valence-corrected chi connectivity index (χ2v) is 6.38. The molecule has 2 heterocycles. The zero-order valence-corrected chi connectivity index (χ0v) is 11.9. The molecule has 2 rings (SSSR count). The van der Waals surface area contributed by atoms with Crippen molar-refractivity contribution in [1.82, 2.24) is 5.32 Å². The third-order valence-electron chi connectivity index (χ3n) is 2.88. The molecule has 1 aliphatic rings. The molecule has 2 N–H and O–H groups in total. The van der Waals surface area contributed by atoms with Crippen molar-refractivity contribution < 1.29 is 14.7 Å². The Morgan fingerprint density at radius 3 is 3.05 bits per heavy atom. The van der Waals surface area contributed by atoms with E-state index in [-0.39, 0.29) is 5.91 Å². The molecule has 1 saturated heterocycles. The molecule has 0 radical (unpaired) electrons. The number of carbonyl (C=O) groups is 2. The van der Waals surface area contributed by atoms with Crippen LogP contribution in [0.15, 0.2) is 17.5 Å². The van der Waals surface area contributed by atoms with E-state index in [0.717, 1.165) is 18.2 Å². The maximum Gasteiger partial charge on any atom is 0.328 e. The van der Waals surface area contributed by atoms with E-state index in [9.17, 15) is 9.59 Å². The summed E-state index contributed by atoms with van der Waals surface area (Å²) in [5, 5.41) is 13.3. The van der Waals surface area contributed by atoms with Gasteiger partial charge in [0.1, 0.15) is 0 Å². The first-order chi connectivity index (χ1) is 9.16. The monoisotopic (exact) mass is 297 g/mol. The van der Waals surface area contributed by atoms with Crippen LogP contribution in [0.2, 0.25) is 0 Å². The van der Waals surface area contributed by atoms with Crippen LogP contribution in [-0.2, 0) is 4.79 Å². The summed E-state index contributed by atoms with van der Waals surface area (Å²) >= 11 is 3.25. The van der Waals surface area contributed by atoms with Crippen molar-refractivity contribution >= 4 is 41.1 Å². The molecule has 1 amide bonds. The summed E-state index contributed by atoms with van der Waals surface area (Å²) < 4.78 is 0. The molecular formula is C13H15NO3S2. The zero-order chi connectivity index (χ0) is 13.7. The summed E-state index contributed by atoms with van der Waals surface area (Å²) in [6, 6.07) is 1.75. The minimum atomic E-state index is -1.01. The van der Waals surface area contributed by atoms with Crippen molar-refractivity contribution in [2.24, 2.45) is 5.92 Å². The van der Waals surface area contributed by atoms with Gasteiger partial charge in [0.2, 0.25) is 0 Å². The maximum atomic E-state index is 12.0. The van der Waals surface area contributed by atoms with E-state index >= 15 is 0 Å². The van der Waals surface area contributed by atoms with E-state index in [2.05, 4.69) is 5.32 Å². The number of carboxylic acid groups (broad SMARTS) is 1. The van der Waals surface area contributed by atoms with Gasteiger partial charge in [0.15, 0.2) is 0 Å². The van der Waals surface area contributed by atoms with Gasteiger partial charge in [-0.15, -0.1) is 11.3 Å². The minimum Gasteiger partial charge on any atom is -0.478 e. The first kappa shape index (κ1) is 14.1. The molecule has 1 aromatic heterocycles. The first-order valence-corrected chi connectivity index (χ1v) is 8.04. The molecule has 0 spiro atoms. The van der Waals surface area contributed by atoms with Crippen molar-refractivity contribution in [3.63, 3.8) is 0 Å². The van der Waals surface area contributed by atoms with Gasteiger partial charge < -0.3 is 10.4 Å². The third-order valence-corrected chi connectivity index (χ3v) is 5.04. The van der Waals surface area contributed by atoms with E-state index < -0.39 is 5.97 Å². The largest absolute Gasteiger partial charge is 0.478 e. The predicted octanol–water partition coefficient (Wildman–Crippen LogP) is 2.33. The highest BCUT2D eigenvalue weighted by atomic mass is 32.2. The number of rotatable bonds is 5. The summed E-state index contributed by atoms with van der Waals surface area (Å²) in [4.78, 5) is 23.1. The molecule has 0 aromatic carbocycles. The number of hydrogen-bond donors (Lipinski definition) is 2. The number of thioether (sulfide) groups is 1. The standard InChI is InChI=1S/C13H15NO3S2/c15-11(16)2-1-10-4-6-19-12(10)13(17)14-7-9-3-5-18-8-9/h1-2,4,6,9H,3,5,7-8H2,(H,14,17)(H,15,16)/b2-1+. The molecule has 1 unspecified atom stereocenters. The van der Waals surface area contributed by atoms with Crippen molar-refractivity contribution in [2.45, 2.75) is 6.42 Å². The van der Waals surface area contributed by atoms with Crippen molar-refractivity contribution in [2.75, 3.05) is 18.1 Å². The van der Waals surface area contributed by atoms with Crippen molar-refractivity contribution in [3.8, 4) is 0 Å². The number of amides is 1. The number of hydrogen-bond acceptors (Lipinski definition) is 4. The lowest BCUT2D eigenvalue weighted by molar-refractivity contribution is -0.131. The molecule has 0 bridgehead atoms. The van der Waals surface area contributed by atoms with Gasteiger partial charge in [-0.3, -0.25) is 4.79 Å². The summed E-state index contributed by atoms with van der Waals surface area (Å²) in [5.41, 5.74) is 0.658. The molecule has 6 heteroatoms. The highest BCUT2D eigenvalue weighted by molar-refractivity contribution is 7.99. The second kappa shape index (κ2) is 6.77. The Hall–Kier alpha value is -1.27. The van der Waals surface area contributed by atoms with Gasteiger partial charge in [-0.2, -0.15) is 11.8 Å². The molecule has 19 heavy (non-hydrogen) atoms. The van der Waals surface area contributed by atoms with Crippen molar-refractivity contribution in [3.05, 3.63) is 28.0 Å². The average molecular weight is 297 g/mol. The topological polar surface area (TPSA) is 66.4 Å². The molecule has 102 valence electrons. The Balaban J connectivity index is 1.94. The van der Waals surface area contributed by atoms with Crippen LogP contribution >= 0.6 is 23.1 Å². The van der Waals surface area contributed by atoms with E-state index in [0.29, 0.717) is 22.9 Å². The zero-order valence-electron chi connectivity index (χ0n) is 10.3. The van der Waals surface area contributed by atoms with E-state index in [4.69, 9.17) is 5.11 Å². The summed E-state index contributed by atoms with van der Waals surface area (Å²) in [6.45, 7) is 0.700. The SMILES string of the molecule is O=C(O)/C=C/c1ccsc1C(=O)NCC1CCSC1. The number of carbonyl (C=O) groups excluding carboxylic acids is 1. The van der Waals surface area contributed by atoms with E-state index in [1.165, 1.54) is 23.2 Å². The Labute approximate surface area is 119 Å². The van der Waals surface area contributed by atoms with Gasteiger partial charge >= 0.3 is 5.97 Å². The first-order valence-electron chi connectivity index (χ1n) is 6.01. The van der Waals surface area contributed by atoms with Crippen LogP contribution in [0.4, 0.5) is 0 Å². The number of nitrogens with one attached hydrogen (secondary N) is 1. The van der Waals surface area contributed by atoms with E-state index in [1.54, 1.807) is 11.4 Å². The third kappa shape index (κ3) is 4.11. The molecular weight excluding hydrogens is 282 g/mol. The normalized spacial score (nSPS) is 18.8. The summed E-state index contributed by atoms with van der Waals surface area (Å²) in [7, 11) is 0. The van der Waals surface area contributed by atoms with Crippen LogP contribution in [0.3, 0.4) is 0 Å². The van der Waals surface area contributed by atoms with E-state index in [1.807, 2.05) is 11.8 Å². The molecule has 1 aromatic rings. The Kier molecular flexibility index (Phi) is 5.04. The lowest BCUT2D eigenvalue weighted by atomic mass is 10.1. The van der Waals surface area contributed by atoms with Gasteiger partial charge in [0, 0.05) is 12.6 Å². The highest BCUT2D eigenvalue weighted by Gasteiger charge is 2.18. The van der Waals surface area contributed by atoms with Gasteiger partial charge in [0.25, 0.3) is 5.91 Å². The van der Waals surface area contributed by atoms with Crippen LogP contribution in [0.1, 0.15) is 21.7 Å². The lowest BCUT2D eigenvalue weighted by Gasteiger charge is -2.09. The predicted molar refractivity (Wildman–Crippen MR) is 78.8 cm³/mol. The molecule has 0 aliphatic carbocycles. The molecule has 1 aliphatic heterocycles. The average Bonchev–Trinajstić information content (AvgIpc) is 3.04. The minimum absolute atomic E-state index is 0.114. The summed E-state index contributed by atoms with van der Waals surface area (Å²) in [6.07, 6.45) is 3.66. The number of thiophene rings is 1. The Morgan fingerprint density at radius 1 is 1.53 bits per heavy atom. The maximum absolute atomic E-state index is 12.0. The highest BCUT2D eigenvalue weighted by Crippen LogP contribution is 2.23. The molecule has 1 atom stereocenters. The Bertz CT molecular complexity index is 490. The Morgan fingerprint density at radius 2 is 2.37 bits per heavy atom. The van der Waals surface area contributed by atoms with Crippen LogP contribution in [0, 0.1) is 5.92 Å². The fourth-order valence-electron chi connectivity index (χ4n) is 1.86. The lowest BCUT2D eigenvalue weighted by Crippen LogP contribution is -2.29. The van der Waals surface area contributed by atoms with Crippen molar-refractivity contribution in [1.29, 1.82) is 0 Å². The van der Waals surface area contributed by atoms with Crippen LogP contribution in [0.25, 0.3) is 6.08 Å². The van der Waals surface area contributed by atoms with Gasteiger partial charge in [-0.05, 0) is 46.9 Å². The molecule has 0 saturated carbocycles. The fraction of sp³-hybridized carbons (Fsp3) is 0.385. The number of aliphatic carboxylic acids is 1. The smallest absolute Gasteiger partial charge is 0.328 e. The van der Waals surface area contributed by atoms with Gasteiger partial charge in [-0.25, -0.2) is 4.79 Å². The van der Waals surface area contributed by atoms with Gasteiger partial charge in [-0.1, -0.05) is 0 Å². The molecule has 1 fully saturated rings. The van der Waals surface area contributed by atoms with Crippen LogP contribution < -0.4 is 5.32 Å². The van der Waals surface area contributed by atoms with Crippen LogP contribution in [0.5, 0.6) is 0 Å². The fourth-order valence-corrected chi connectivity index (χ4v) is 3.94. The quantitative estimate of drug-likeness (QED) is 0.819. The number of carboxylic acids is 1.